The van der Waals surface area contributed by atoms with Crippen LogP contribution in [0, 0.1) is 11.7 Å². The van der Waals surface area contributed by atoms with E-state index in [1.54, 1.807) is 19.2 Å². The number of hydrogen-bond acceptors (Lipinski definition) is 2. The summed E-state index contributed by atoms with van der Waals surface area (Å²) in [5.41, 5.74) is 0.645. The number of guanidine groups is 1. The molecule has 2 unspecified atom stereocenters. The van der Waals surface area contributed by atoms with Gasteiger partial charge in [-0.2, -0.15) is 0 Å². The second kappa shape index (κ2) is 7.29. The van der Waals surface area contributed by atoms with E-state index in [-0.39, 0.29) is 5.82 Å². The zero-order valence-electron chi connectivity index (χ0n) is 13.1. The minimum absolute atomic E-state index is 0.173. The average molecular weight is 292 g/mol. The van der Waals surface area contributed by atoms with E-state index in [1.807, 2.05) is 18.0 Å². The number of benzene rings is 1. The molecule has 0 radical (unpaired) electrons. The molecule has 0 saturated heterocycles. The largest absolute Gasteiger partial charge is 0.372 e. The molecule has 5 heteroatoms. The lowest BCUT2D eigenvalue weighted by molar-refractivity contribution is 0.619. The van der Waals surface area contributed by atoms with Crippen LogP contribution in [0.4, 0.5) is 10.1 Å². The Balaban J connectivity index is 1.68. The first-order chi connectivity index (χ1) is 10.1. The van der Waals surface area contributed by atoms with Crippen molar-refractivity contribution in [1.82, 2.24) is 10.6 Å². The zero-order valence-corrected chi connectivity index (χ0v) is 13.1. The minimum atomic E-state index is -0.173. The van der Waals surface area contributed by atoms with Crippen LogP contribution < -0.4 is 15.5 Å². The van der Waals surface area contributed by atoms with E-state index in [9.17, 15) is 4.39 Å². The first kappa shape index (κ1) is 15.6. The normalized spacial score (nSPS) is 21.0. The van der Waals surface area contributed by atoms with Crippen LogP contribution in [-0.4, -0.2) is 39.2 Å². The lowest BCUT2D eigenvalue weighted by Crippen LogP contribution is -2.40. The van der Waals surface area contributed by atoms with Crippen LogP contribution in [-0.2, 0) is 0 Å². The van der Waals surface area contributed by atoms with Crippen LogP contribution in [0.1, 0.15) is 19.8 Å². The summed E-state index contributed by atoms with van der Waals surface area (Å²) in [5.74, 6) is 1.43. The van der Waals surface area contributed by atoms with Crippen molar-refractivity contribution in [3.8, 4) is 0 Å². The Kier molecular flexibility index (Phi) is 5.42. The van der Waals surface area contributed by atoms with E-state index in [0.29, 0.717) is 11.7 Å². The molecule has 0 aliphatic heterocycles. The van der Waals surface area contributed by atoms with E-state index < -0.39 is 0 Å². The molecule has 0 amide bonds. The fraction of sp³-hybridized carbons (Fsp3) is 0.562. The summed E-state index contributed by atoms with van der Waals surface area (Å²) in [5, 5.41) is 6.69. The topological polar surface area (TPSA) is 39.7 Å². The third kappa shape index (κ3) is 4.62. The van der Waals surface area contributed by atoms with Crippen molar-refractivity contribution < 1.29 is 4.39 Å². The van der Waals surface area contributed by atoms with Gasteiger partial charge in [0, 0.05) is 33.2 Å². The van der Waals surface area contributed by atoms with E-state index in [0.717, 1.165) is 31.4 Å². The van der Waals surface area contributed by atoms with Gasteiger partial charge in [-0.3, -0.25) is 4.99 Å². The van der Waals surface area contributed by atoms with Crippen LogP contribution in [0.3, 0.4) is 0 Å². The average Bonchev–Trinajstić information content (AvgIpc) is 3.17. The number of hydrogen-bond donors (Lipinski definition) is 2. The molecule has 0 aromatic heterocycles. The van der Waals surface area contributed by atoms with Crippen molar-refractivity contribution in [3.05, 3.63) is 30.1 Å². The maximum atomic E-state index is 13.6. The second-order valence-corrected chi connectivity index (χ2v) is 5.69. The van der Waals surface area contributed by atoms with Crippen molar-refractivity contribution in [1.29, 1.82) is 0 Å². The monoisotopic (exact) mass is 292 g/mol. The molecule has 1 aromatic carbocycles. The maximum Gasteiger partial charge on any atom is 0.191 e. The molecular formula is C16H25FN4. The molecule has 0 heterocycles. The molecule has 0 bridgehead atoms. The van der Waals surface area contributed by atoms with Crippen molar-refractivity contribution in [3.63, 3.8) is 0 Å². The molecular weight excluding hydrogens is 267 g/mol. The fourth-order valence-electron chi connectivity index (χ4n) is 2.30. The summed E-state index contributed by atoms with van der Waals surface area (Å²) in [4.78, 5) is 6.15. The number of nitrogens with zero attached hydrogens (tertiary/aromatic N) is 2. The molecule has 1 fully saturated rings. The van der Waals surface area contributed by atoms with Crippen LogP contribution in [0.25, 0.3) is 0 Å². The van der Waals surface area contributed by atoms with Gasteiger partial charge in [-0.15, -0.1) is 0 Å². The quantitative estimate of drug-likeness (QED) is 0.480. The number of nitrogens with one attached hydrogen (secondary N) is 2. The number of aliphatic imine (C=N–C) groups is 1. The van der Waals surface area contributed by atoms with Crippen molar-refractivity contribution in [2.24, 2.45) is 10.9 Å². The van der Waals surface area contributed by atoms with Gasteiger partial charge in [-0.25, -0.2) is 4.39 Å². The van der Waals surface area contributed by atoms with Gasteiger partial charge in [-0.1, -0.05) is 19.1 Å². The molecule has 116 valence electrons. The summed E-state index contributed by atoms with van der Waals surface area (Å²) in [7, 11) is 3.70. The Hall–Kier alpha value is -1.78. The number of rotatable bonds is 6. The van der Waals surface area contributed by atoms with Gasteiger partial charge in [0.05, 0.1) is 5.69 Å². The summed E-state index contributed by atoms with van der Waals surface area (Å²) < 4.78 is 13.6. The van der Waals surface area contributed by atoms with E-state index in [1.165, 1.54) is 12.5 Å². The van der Waals surface area contributed by atoms with E-state index in [4.69, 9.17) is 0 Å². The zero-order chi connectivity index (χ0) is 15.2. The molecule has 0 spiro atoms. The standard InChI is InChI=1S/C16H25FN4/c1-12-11-14(12)20-16(18-2)19-9-6-10-21(3)15-8-5-4-7-13(15)17/h4-5,7-8,12,14H,6,9-11H2,1-3H3,(H2,18,19,20). The number of halogens is 1. The Morgan fingerprint density at radius 3 is 2.76 bits per heavy atom. The lowest BCUT2D eigenvalue weighted by Gasteiger charge is -2.20. The van der Waals surface area contributed by atoms with E-state index in [2.05, 4.69) is 22.5 Å². The predicted octanol–water partition coefficient (Wildman–Crippen LogP) is 2.23. The van der Waals surface area contributed by atoms with Gasteiger partial charge >= 0.3 is 0 Å². The second-order valence-electron chi connectivity index (χ2n) is 5.69. The van der Waals surface area contributed by atoms with Crippen LogP contribution >= 0.6 is 0 Å². The molecule has 2 atom stereocenters. The fourth-order valence-corrected chi connectivity index (χ4v) is 2.30. The van der Waals surface area contributed by atoms with E-state index >= 15 is 0 Å². The van der Waals surface area contributed by atoms with Crippen molar-refractivity contribution in [2.75, 3.05) is 32.1 Å². The molecule has 1 aromatic rings. The predicted molar refractivity (Wildman–Crippen MR) is 86.4 cm³/mol. The third-order valence-corrected chi connectivity index (χ3v) is 3.88. The Morgan fingerprint density at radius 1 is 1.43 bits per heavy atom. The highest BCUT2D eigenvalue weighted by molar-refractivity contribution is 5.80. The Bertz CT molecular complexity index is 489. The van der Waals surface area contributed by atoms with Gasteiger partial charge in [0.15, 0.2) is 5.96 Å². The Labute approximate surface area is 126 Å². The molecule has 21 heavy (non-hydrogen) atoms. The van der Waals surface area contributed by atoms with Gasteiger partial charge < -0.3 is 15.5 Å². The lowest BCUT2D eigenvalue weighted by atomic mass is 10.2. The summed E-state index contributed by atoms with van der Waals surface area (Å²) in [6, 6.07) is 7.43. The highest BCUT2D eigenvalue weighted by Gasteiger charge is 2.33. The van der Waals surface area contributed by atoms with Gasteiger partial charge in [-0.05, 0) is 30.9 Å². The molecule has 4 nitrogen and oxygen atoms in total. The number of para-hydroxylation sites is 1. The Morgan fingerprint density at radius 2 is 2.14 bits per heavy atom. The van der Waals surface area contributed by atoms with Crippen molar-refractivity contribution in [2.45, 2.75) is 25.8 Å². The smallest absolute Gasteiger partial charge is 0.191 e. The van der Waals surface area contributed by atoms with Crippen LogP contribution in [0.2, 0.25) is 0 Å². The van der Waals surface area contributed by atoms with Gasteiger partial charge in [0.2, 0.25) is 0 Å². The molecule has 1 aliphatic rings. The van der Waals surface area contributed by atoms with Crippen LogP contribution in [0.15, 0.2) is 29.3 Å². The SMILES string of the molecule is CN=C(NCCCN(C)c1ccccc1F)NC1CC1C. The first-order valence-electron chi connectivity index (χ1n) is 7.54. The maximum absolute atomic E-state index is 13.6. The summed E-state index contributed by atoms with van der Waals surface area (Å²) >= 11 is 0. The highest BCUT2D eigenvalue weighted by atomic mass is 19.1. The molecule has 1 aliphatic carbocycles. The third-order valence-electron chi connectivity index (χ3n) is 3.88. The summed E-state index contributed by atoms with van der Waals surface area (Å²) in [6.07, 6.45) is 2.14. The molecule has 2 rings (SSSR count). The summed E-state index contributed by atoms with van der Waals surface area (Å²) in [6.45, 7) is 3.85. The van der Waals surface area contributed by atoms with Gasteiger partial charge in [0.1, 0.15) is 5.82 Å². The molecule has 2 N–H and O–H groups in total. The van der Waals surface area contributed by atoms with Crippen molar-refractivity contribution >= 4 is 11.6 Å². The highest BCUT2D eigenvalue weighted by Crippen LogP contribution is 2.28. The first-order valence-corrected chi connectivity index (χ1v) is 7.54. The number of anilines is 1. The minimum Gasteiger partial charge on any atom is -0.372 e. The van der Waals surface area contributed by atoms with Crippen LogP contribution in [0.5, 0.6) is 0 Å². The molecule has 1 saturated carbocycles. The van der Waals surface area contributed by atoms with Gasteiger partial charge in [0.25, 0.3) is 0 Å².